The lowest BCUT2D eigenvalue weighted by atomic mass is 10.1. The Morgan fingerprint density at radius 2 is 2.18 bits per heavy atom. The number of nitrogens with zero attached hydrogens (tertiary/aromatic N) is 1. The number of H-pyrrole nitrogens is 1. The molecular weight excluding hydrogens is 220 g/mol. The quantitative estimate of drug-likeness (QED) is 0.787. The summed E-state index contributed by atoms with van der Waals surface area (Å²) >= 11 is 0. The molecule has 0 aromatic carbocycles. The van der Waals surface area contributed by atoms with Crippen molar-refractivity contribution in [2.24, 2.45) is 0 Å². The molecule has 0 aliphatic rings. The molecule has 2 heterocycles. The molecule has 0 amide bonds. The van der Waals surface area contributed by atoms with Crippen molar-refractivity contribution in [2.75, 3.05) is 7.11 Å². The predicted molar refractivity (Wildman–Crippen MR) is 61.6 cm³/mol. The molecule has 0 aliphatic carbocycles. The van der Waals surface area contributed by atoms with Crippen LogP contribution in [0.4, 0.5) is 0 Å². The van der Waals surface area contributed by atoms with Gasteiger partial charge in [0.1, 0.15) is 5.69 Å². The normalized spacial score (nSPS) is 9.94. The van der Waals surface area contributed by atoms with Crippen molar-refractivity contribution in [1.29, 1.82) is 0 Å². The number of esters is 1. The lowest BCUT2D eigenvalue weighted by Crippen LogP contribution is -2.14. The highest BCUT2D eigenvalue weighted by molar-refractivity contribution is 5.94. The van der Waals surface area contributed by atoms with Crippen LogP contribution in [0.5, 0.6) is 0 Å². The molecule has 5 nitrogen and oxygen atoms in total. The van der Waals surface area contributed by atoms with Crippen LogP contribution in [0.2, 0.25) is 0 Å². The summed E-state index contributed by atoms with van der Waals surface area (Å²) < 4.78 is 4.62. The number of hydrogen-bond acceptors (Lipinski definition) is 4. The van der Waals surface area contributed by atoms with E-state index in [0.717, 1.165) is 5.56 Å². The fourth-order valence-corrected chi connectivity index (χ4v) is 1.50. The van der Waals surface area contributed by atoms with Gasteiger partial charge in [0.05, 0.1) is 7.11 Å². The standard InChI is InChI=1S/C12H10N2O3/c1-17-12(16)11-9(4-5-10(15)14-11)8-3-2-6-13-7-8/h2-7H,1H3,(H,14,15). The maximum Gasteiger partial charge on any atom is 0.355 e. The summed E-state index contributed by atoms with van der Waals surface area (Å²) in [6.07, 6.45) is 3.24. The molecule has 0 saturated heterocycles. The topological polar surface area (TPSA) is 72.1 Å². The molecule has 2 aromatic heterocycles. The van der Waals surface area contributed by atoms with Gasteiger partial charge in [0.25, 0.3) is 0 Å². The Bertz CT molecular complexity index is 590. The first-order valence-corrected chi connectivity index (χ1v) is 4.94. The Morgan fingerprint density at radius 1 is 1.35 bits per heavy atom. The van der Waals surface area contributed by atoms with Crippen LogP contribution in [-0.4, -0.2) is 23.0 Å². The highest BCUT2D eigenvalue weighted by atomic mass is 16.5. The van der Waals surface area contributed by atoms with Crippen LogP contribution >= 0.6 is 0 Å². The zero-order valence-electron chi connectivity index (χ0n) is 9.14. The van der Waals surface area contributed by atoms with Crippen molar-refractivity contribution in [3.8, 4) is 11.1 Å². The maximum absolute atomic E-state index is 11.5. The third-order valence-corrected chi connectivity index (χ3v) is 2.28. The van der Waals surface area contributed by atoms with Gasteiger partial charge in [-0.25, -0.2) is 4.79 Å². The van der Waals surface area contributed by atoms with Gasteiger partial charge < -0.3 is 9.72 Å². The highest BCUT2D eigenvalue weighted by Crippen LogP contribution is 2.20. The summed E-state index contributed by atoms with van der Waals surface area (Å²) in [6, 6.07) is 6.48. The molecule has 0 radical (unpaired) electrons. The summed E-state index contributed by atoms with van der Waals surface area (Å²) in [5.41, 5.74) is 1.11. The van der Waals surface area contributed by atoms with Crippen LogP contribution in [-0.2, 0) is 4.74 Å². The fraction of sp³-hybridized carbons (Fsp3) is 0.0833. The SMILES string of the molecule is COC(=O)c1[nH]c(=O)ccc1-c1cccnc1. The minimum Gasteiger partial charge on any atom is -0.464 e. The number of hydrogen-bond donors (Lipinski definition) is 1. The molecule has 0 fully saturated rings. The molecule has 2 rings (SSSR count). The molecule has 5 heteroatoms. The minimum atomic E-state index is -0.582. The van der Waals surface area contributed by atoms with E-state index in [9.17, 15) is 9.59 Å². The molecule has 0 saturated carbocycles. The first kappa shape index (κ1) is 11.1. The number of aromatic nitrogens is 2. The van der Waals surface area contributed by atoms with E-state index in [1.54, 1.807) is 30.6 Å². The second kappa shape index (κ2) is 4.61. The predicted octanol–water partition coefficient (Wildman–Crippen LogP) is 1.22. The van der Waals surface area contributed by atoms with E-state index >= 15 is 0 Å². The van der Waals surface area contributed by atoms with E-state index in [0.29, 0.717) is 5.56 Å². The van der Waals surface area contributed by atoms with Crippen molar-refractivity contribution in [2.45, 2.75) is 0 Å². The van der Waals surface area contributed by atoms with Crippen molar-refractivity contribution >= 4 is 5.97 Å². The molecule has 0 atom stereocenters. The lowest BCUT2D eigenvalue weighted by molar-refractivity contribution is 0.0594. The molecule has 0 unspecified atom stereocenters. The molecule has 1 N–H and O–H groups in total. The van der Waals surface area contributed by atoms with Gasteiger partial charge in [-0.1, -0.05) is 6.07 Å². The number of rotatable bonds is 2. The lowest BCUT2D eigenvalue weighted by Gasteiger charge is -2.06. The Morgan fingerprint density at radius 3 is 2.82 bits per heavy atom. The number of methoxy groups -OCH3 is 1. The highest BCUT2D eigenvalue weighted by Gasteiger charge is 2.14. The zero-order chi connectivity index (χ0) is 12.3. The summed E-state index contributed by atoms with van der Waals surface area (Å²) in [7, 11) is 1.26. The molecular formula is C12H10N2O3. The van der Waals surface area contributed by atoms with Crippen LogP contribution < -0.4 is 5.56 Å². The Balaban J connectivity index is 2.62. The van der Waals surface area contributed by atoms with Crippen LogP contribution in [0.3, 0.4) is 0 Å². The maximum atomic E-state index is 11.5. The largest absolute Gasteiger partial charge is 0.464 e. The van der Waals surface area contributed by atoms with E-state index in [1.807, 2.05) is 0 Å². The number of pyridine rings is 2. The zero-order valence-corrected chi connectivity index (χ0v) is 9.14. The van der Waals surface area contributed by atoms with Crippen molar-refractivity contribution in [1.82, 2.24) is 9.97 Å². The average molecular weight is 230 g/mol. The smallest absolute Gasteiger partial charge is 0.355 e. The van der Waals surface area contributed by atoms with E-state index in [1.165, 1.54) is 13.2 Å². The van der Waals surface area contributed by atoms with Crippen molar-refractivity contribution < 1.29 is 9.53 Å². The van der Waals surface area contributed by atoms with E-state index in [4.69, 9.17) is 0 Å². The minimum absolute atomic E-state index is 0.132. The number of aromatic amines is 1. The van der Waals surface area contributed by atoms with Gasteiger partial charge in [-0.05, 0) is 12.1 Å². The van der Waals surface area contributed by atoms with Crippen LogP contribution in [0.25, 0.3) is 11.1 Å². The molecule has 0 spiro atoms. The van der Waals surface area contributed by atoms with Crippen molar-refractivity contribution in [3.63, 3.8) is 0 Å². The second-order valence-corrected chi connectivity index (χ2v) is 3.34. The van der Waals surface area contributed by atoms with E-state index in [-0.39, 0.29) is 11.3 Å². The van der Waals surface area contributed by atoms with E-state index in [2.05, 4.69) is 14.7 Å². The van der Waals surface area contributed by atoms with Gasteiger partial charge in [0.2, 0.25) is 5.56 Å². The van der Waals surface area contributed by atoms with Gasteiger partial charge in [0.15, 0.2) is 0 Å². The fourth-order valence-electron chi connectivity index (χ4n) is 1.50. The Hall–Kier alpha value is -2.43. The third-order valence-electron chi connectivity index (χ3n) is 2.28. The van der Waals surface area contributed by atoms with Crippen LogP contribution in [0, 0.1) is 0 Å². The third kappa shape index (κ3) is 2.23. The summed E-state index contributed by atoms with van der Waals surface area (Å²) in [4.78, 5) is 29.2. The average Bonchev–Trinajstić information content (AvgIpc) is 2.38. The number of nitrogens with one attached hydrogen (secondary N) is 1. The molecule has 17 heavy (non-hydrogen) atoms. The van der Waals surface area contributed by atoms with Crippen LogP contribution in [0.15, 0.2) is 41.5 Å². The number of ether oxygens (including phenoxy) is 1. The van der Waals surface area contributed by atoms with Gasteiger partial charge in [-0.3, -0.25) is 9.78 Å². The van der Waals surface area contributed by atoms with E-state index < -0.39 is 5.97 Å². The Labute approximate surface area is 97.1 Å². The monoisotopic (exact) mass is 230 g/mol. The summed E-state index contributed by atoms with van der Waals surface area (Å²) in [5.74, 6) is -0.582. The number of carbonyl (C=O) groups excluding carboxylic acids is 1. The Kier molecular flexibility index (Phi) is 3.00. The van der Waals surface area contributed by atoms with Gasteiger partial charge in [-0.15, -0.1) is 0 Å². The van der Waals surface area contributed by atoms with Crippen LogP contribution in [0.1, 0.15) is 10.5 Å². The second-order valence-electron chi connectivity index (χ2n) is 3.34. The van der Waals surface area contributed by atoms with Gasteiger partial charge in [-0.2, -0.15) is 0 Å². The van der Waals surface area contributed by atoms with Gasteiger partial charge >= 0.3 is 5.97 Å². The van der Waals surface area contributed by atoms with Crippen molar-refractivity contribution in [3.05, 3.63) is 52.7 Å². The molecule has 2 aromatic rings. The number of carbonyl (C=O) groups is 1. The molecule has 0 bridgehead atoms. The molecule has 0 aliphatic heterocycles. The summed E-state index contributed by atoms with van der Waals surface area (Å²) in [6.45, 7) is 0. The first-order valence-electron chi connectivity index (χ1n) is 4.94. The van der Waals surface area contributed by atoms with Gasteiger partial charge in [0, 0.05) is 29.6 Å². The summed E-state index contributed by atoms with van der Waals surface area (Å²) in [5, 5.41) is 0. The first-order chi connectivity index (χ1) is 8.22. The molecule has 86 valence electrons.